The fraction of sp³-hybridized carbons (Fsp3) is 0.250. The van der Waals surface area contributed by atoms with E-state index in [2.05, 4.69) is 88.5 Å². The molecule has 7 nitrogen and oxygen atoms in total. The number of anilines is 3. The highest BCUT2D eigenvalue weighted by Gasteiger charge is 2.20. The molecule has 2 aromatic heterocycles. The molecule has 0 aliphatic rings. The topological polar surface area (TPSA) is 66.5 Å². The molecule has 0 atom stereocenters. The monoisotopic (exact) mass is 643 g/mol. The zero-order valence-electron chi connectivity index (χ0n) is 25.5. The number of carbonyl (C=O) groups is 1. The molecule has 0 amide bonds. The predicted molar refractivity (Wildman–Crippen MR) is 183 cm³/mol. The summed E-state index contributed by atoms with van der Waals surface area (Å²) in [6.45, 7) is 4.69. The number of rotatable bonds is 17. The molecule has 45 heavy (non-hydrogen) atoms. The molecule has 0 unspecified atom stereocenters. The number of methoxy groups -OCH3 is 1. The second kappa shape index (κ2) is 16.9. The van der Waals surface area contributed by atoms with Gasteiger partial charge in [-0.3, -0.25) is 0 Å². The van der Waals surface area contributed by atoms with Crippen LogP contribution in [0.1, 0.15) is 17.3 Å². The third kappa shape index (κ3) is 8.81. The summed E-state index contributed by atoms with van der Waals surface area (Å²) < 4.78 is 27.4. The van der Waals surface area contributed by atoms with E-state index in [1.54, 1.807) is 36.7 Å². The largest absolute Gasteiger partial charge is 0.490 e. The number of ether oxygens (including phenoxy) is 5. The lowest BCUT2D eigenvalue weighted by Crippen LogP contribution is -2.15. The van der Waals surface area contributed by atoms with Crippen LogP contribution in [0.2, 0.25) is 0 Å². The van der Waals surface area contributed by atoms with Gasteiger partial charge in [0, 0.05) is 33.9 Å². The van der Waals surface area contributed by atoms with Crippen LogP contribution in [0, 0.1) is 0 Å². The minimum absolute atomic E-state index is 0.257. The van der Waals surface area contributed by atoms with Gasteiger partial charge in [-0.05, 0) is 83.4 Å². The van der Waals surface area contributed by atoms with Gasteiger partial charge < -0.3 is 28.6 Å². The minimum Gasteiger partial charge on any atom is -0.490 e. The van der Waals surface area contributed by atoms with Crippen molar-refractivity contribution >= 4 is 45.7 Å². The van der Waals surface area contributed by atoms with Crippen molar-refractivity contribution in [3.63, 3.8) is 0 Å². The number of hydrogen-bond acceptors (Lipinski definition) is 9. The molecule has 0 radical (unpaired) electrons. The highest BCUT2D eigenvalue weighted by atomic mass is 32.1. The Hall–Kier alpha value is -3.99. The van der Waals surface area contributed by atoms with Crippen molar-refractivity contribution in [3.05, 3.63) is 107 Å². The van der Waals surface area contributed by atoms with E-state index in [4.69, 9.17) is 23.7 Å². The van der Waals surface area contributed by atoms with Crippen LogP contribution in [0.4, 0.5) is 17.1 Å². The Morgan fingerprint density at radius 3 is 1.71 bits per heavy atom. The fourth-order valence-corrected chi connectivity index (χ4v) is 6.17. The Morgan fingerprint density at radius 2 is 1.20 bits per heavy atom. The number of thiophene rings is 2. The van der Waals surface area contributed by atoms with E-state index in [9.17, 15) is 4.79 Å². The number of benzene rings is 3. The van der Waals surface area contributed by atoms with Crippen LogP contribution >= 0.6 is 22.7 Å². The van der Waals surface area contributed by atoms with Crippen LogP contribution in [0.25, 0.3) is 20.9 Å². The van der Waals surface area contributed by atoms with Crippen LogP contribution in [0.15, 0.2) is 102 Å². The maximum atomic E-state index is 13.1. The van der Waals surface area contributed by atoms with Crippen molar-refractivity contribution in [3.8, 4) is 26.6 Å². The zero-order valence-corrected chi connectivity index (χ0v) is 27.1. The van der Waals surface area contributed by atoms with Gasteiger partial charge in [0.1, 0.15) is 17.9 Å². The quantitative estimate of drug-likeness (QED) is 0.0741. The summed E-state index contributed by atoms with van der Waals surface area (Å²) in [5, 5.41) is 4.16. The van der Waals surface area contributed by atoms with Crippen molar-refractivity contribution in [2.45, 2.75) is 6.92 Å². The number of hydrogen-bond donors (Lipinski definition) is 0. The maximum Gasteiger partial charge on any atom is 0.341 e. The fourth-order valence-electron chi connectivity index (χ4n) is 4.71. The summed E-state index contributed by atoms with van der Waals surface area (Å²) in [5.74, 6) is 0.000953. The number of carbonyl (C=O) groups excluding carboxylic acids is 1. The van der Waals surface area contributed by atoms with Crippen molar-refractivity contribution in [2.24, 2.45) is 0 Å². The molecule has 0 fully saturated rings. The van der Waals surface area contributed by atoms with Gasteiger partial charge in [-0.1, -0.05) is 36.4 Å². The molecule has 0 N–H and O–H groups in total. The van der Waals surface area contributed by atoms with Gasteiger partial charge in [-0.2, -0.15) is 0 Å². The Kier molecular flexibility index (Phi) is 12.2. The second-order valence-electron chi connectivity index (χ2n) is 9.85. The molecule has 5 rings (SSSR count). The SMILES string of the molecule is CCOC(=O)c1cc(N(c2ccc(-c3cccs3)cc2)c2ccc(-c3cccs3)cc2)ccc1OCCOCCOCCOC. The Balaban J connectivity index is 1.40. The van der Waals surface area contributed by atoms with Crippen molar-refractivity contribution in [2.75, 3.05) is 58.3 Å². The Bertz CT molecular complexity index is 1510. The zero-order chi connectivity index (χ0) is 31.3. The molecule has 0 saturated heterocycles. The van der Waals surface area contributed by atoms with E-state index in [1.807, 2.05) is 18.2 Å². The number of nitrogens with zero attached hydrogens (tertiary/aromatic N) is 1. The molecule has 0 saturated carbocycles. The molecule has 2 heterocycles. The second-order valence-corrected chi connectivity index (χ2v) is 11.7. The van der Waals surface area contributed by atoms with Gasteiger partial charge in [0.2, 0.25) is 0 Å². The molecule has 9 heteroatoms. The van der Waals surface area contributed by atoms with Crippen molar-refractivity contribution < 1.29 is 28.5 Å². The molecular formula is C36H37NO6S2. The summed E-state index contributed by atoms with van der Waals surface area (Å²) in [6, 6.07) is 30.9. The normalized spacial score (nSPS) is 11.0. The third-order valence-electron chi connectivity index (χ3n) is 6.87. The molecule has 234 valence electrons. The highest BCUT2D eigenvalue weighted by molar-refractivity contribution is 7.13. The average molecular weight is 644 g/mol. The molecule has 5 aromatic rings. The lowest BCUT2D eigenvalue weighted by atomic mass is 10.1. The first-order chi connectivity index (χ1) is 22.2. The lowest BCUT2D eigenvalue weighted by Gasteiger charge is -2.26. The summed E-state index contributed by atoms with van der Waals surface area (Å²) in [5.41, 5.74) is 5.39. The van der Waals surface area contributed by atoms with E-state index in [0.717, 1.165) is 28.2 Å². The van der Waals surface area contributed by atoms with Crippen molar-refractivity contribution in [1.29, 1.82) is 0 Å². The first-order valence-electron chi connectivity index (χ1n) is 14.8. The van der Waals surface area contributed by atoms with Crippen molar-refractivity contribution in [1.82, 2.24) is 0 Å². The van der Waals surface area contributed by atoms with E-state index >= 15 is 0 Å². The van der Waals surface area contributed by atoms with E-state index in [1.165, 1.54) is 9.75 Å². The molecular weight excluding hydrogens is 607 g/mol. The van der Waals surface area contributed by atoms with Gasteiger partial charge in [0.05, 0.1) is 39.6 Å². The van der Waals surface area contributed by atoms with Crippen LogP contribution in [0.3, 0.4) is 0 Å². The molecule has 0 aliphatic heterocycles. The van der Waals surface area contributed by atoms with Crippen LogP contribution < -0.4 is 9.64 Å². The van der Waals surface area contributed by atoms with Gasteiger partial charge in [-0.15, -0.1) is 22.7 Å². The van der Waals surface area contributed by atoms with E-state index in [-0.39, 0.29) is 13.2 Å². The number of esters is 1. The van der Waals surface area contributed by atoms with Crippen LogP contribution in [0.5, 0.6) is 5.75 Å². The summed E-state index contributed by atoms with van der Waals surface area (Å²) >= 11 is 3.42. The summed E-state index contributed by atoms with van der Waals surface area (Å²) in [6.07, 6.45) is 0. The molecule has 0 aliphatic carbocycles. The third-order valence-corrected chi connectivity index (χ3v) is 8.71. The van der Waals surface area contributed by atoms with E-state index < -0.39 is 5.97 Å². The van der Waals surface area contributed by atoms with Crippen LogP contribution in [-0.2, 0) is 18.9 Å². The Labute approximate surface area is 272 Å². The molecule has 0 bridgehead atoms. The smallest absolute Gasteiger partial charge is 0.341 e. The summed E-state index contributed by atoms with van der Waals surface area (Å²) in [7, 11) is 1.64. The van der Waals surface area contributed by atoms with Crippen LogP contribution in [-0.4, -0.2) is 59.3 Å². The first kappa shape index (κ1) is 32.4. The van der Waals surface area contributed by atoms with Gasteiger partial charge in [0.15, 0.2) is 0 Å². The van der Waals surface area contributed by atoms with Gasteiger partial charge in [-0.25, -0.2) is 4.79 Å². The minimum atomic E-state index is -0.442. The lowest BCUT2D eigenvalue weighted by molar-refractivity contribution is 0.0178. The predicted octanol–water partition coefficient (Wildman–Crippen LogP) is 8.85. The Morgan fingerprint density at radius 1 is 0.667 bits per heavy atom. The van der Waals surface area contributed by atoms with Gasteiger partial charge in [0.25, 0.3) is 0 Å². The first-order valence-corrected chi connectivity index (χ1v) is 16.6. The standard InChI is InChI=1S/C36H37NO6S2/c1-3-42-36(38)32-26-31(16-17-33(32)43-23-22-41-21-20-40-19-18-39-2)37(29-12-8-27(9-13-29)34-6-4-24-44-34)30-14-10-28(11-15-30)35-7-5-25-45-35/h4-17,24-26H,3,18-23H2,1-2H3. The van der Waals surface area contributed by atoms with Gasteiger partial charge >= 0.3 is 5.97 Å². The summed E-state index contributed by atoms with van der Waals surface area (Å²) in [4.78, 5) is 17.7. The molecule has 3 aromatic carbocycles. The highest BCUT2D eigenvalue weighted by Crippen LogP contribution is 2.39. The average Bonchev–Trinajstić information content (AvgIpc) is 3.81. The van der Waals surface area contributed by atoms with E-state index in [0.29, 0.717) is 44.3 Å². The molecule has 0 spiro atoms. The maximum absolute atomic E-state index is 13.1.